The lowest BCUT2D eigenvalue weighted by atomic mass is 10.0. The number of aryl methyl sites for hydroxylation is 4. The maximum atomic E-state index is 13.2. The fourth-order valence-corrected chi connectivity index (χ4v) is 3.81. The monoisotopic (exact) mass is 398 g/mol. The number of aromatic nitrogens is 2. The zero-order valence-corrected chi connectivity index (χ0v) is 17.0. The van der Waals surface area contributed by atoms with Crippen molar-refractivity contribution in [3.8, 4) is 0 Å². The van der Waals surface area contributed by atoms with Gasteiger partial charge in [-0.05, 0) is 56.0 Å². The van der Waals surface area contributed by atoms with Crippen LogP contribution in [0.3, 0.4) is 0 Å². The molecule has 1 aliphatic heterocycles. The molecule has 152 valence electrons. The number of benzene rings is 1. The van der Waals surface area contributed by atoms with Gasteiger partial charge in [0.2, 0.25) is 0 Å². The lowest BCUT2D eigenvalue weighted by molar-refractivity contribution is -0.113. The van der Waals surface area contributed by atoms with Gasteiger partial charge in [-0.2, -0.15) is 0 Å². The number of amides is 1. The maximum absolute atomic E-state index is 13.2. The van der Waals surface area contributed by atoms with Crippen molar-refractivity contribution in [3.63, 3.8) is 0 Å². The number of halogens is 2. The molecule has 0 spiro atoms. The van der Waals surface area contributed by atoms with Crippen LogP contribution in [0.4, 0.5) is 14.6 Å². The molecule has 0 radical (unpaired) electrons. The zero-order chi connectivity index (χ0) is 20.9. The van der Waals surface area contributed by atoms with Crippen LogP contribution in [0.2, 0.25) is 0 Å². The van der Waals surface area contributed by atoms with Gasteiger partial charge in [0.15, 0.2) is 5.82 Å². The molecular weight excluding hydrogens is 374 g/mol. The topological polar surface area (TPSA) is 61.0 Å². The minimum Gasteiger partial charge on any atom is -0.364 e. The number of nitrogens with zero attached hydrogens (tertiary/aromatic N) is 2. The Balaban J connectivity index is 1.70. The van der Waals surface area contributed by atoms with E-state index in [-0.39, 0.29) is 5.69 Å². The molecule has 0 unspecified atom stereocenters. The summed E-state index contributed by atoms with van der Waals surface area (Å²) in [5, 5.41) is 4.22. The van der Waals surface area contributed by atoms with E-state index in [0.29, 0.717) is 12.4 Å². The Labute approximate surface area is 168 Å². The highest BCUT2D eigenvalue weighted by Gasteiger charge is 2.46. The fourth-order valence-electron chi connectivity index (χ4n) is 3.81. The second-order valence-electron chi connectivity index (χ2n) is 7.89. The molecule has 1 aromatic carbocycles. The number of fused-ring (bicyclic) bond motifs is 1. The average Bonchev–Trinajstić information content (AvgIpc) is 2.93. The van der Waals surface area contributed by atoms with E-state index >= 15 is 0 Å². The Bertz CT molecular complexity index is 1090. The first-order valence-corrected chi connectivity index (χ1v) is 9.62. The molecule has 3 aromatic rings. The molecule has 1 aliphatic rings. The van der Waals surface area contributed by atoms with Crippen molar-refractivity contribution >= 4 is 22.6 Å². The van der Waals surface area contributed by atoms with E-state index in [1.807, 2.05) is 19.9 Å². The molecule has 3 heterocycles. The Hall–Kier alpha value is -2.96. The molecule has 0 saturated carbocycles. The first kappa shape index (κ1) is 19.4. The minimum atomic E-state index is -2.80. The number of rotatable bonds is 4. The molecule has 0 atom stereocenters. The van der Waals surface area contributed by atoms with Crippen LogP contribution in [0.15, 0.2) is 24.3 Å². The van der Waals surface area contributed by atoms with E-state index < -0.39 is 24.9 Å². The number of pyridine rings is 1. The third-order valence-corrected chi connectivity index (χ3v) is 5.73. The van der Waals surface area contributed by atoms with Gasteiger partial charge >= 0.3 is 0 Å². The summed E-state index contributed by atoms with van der Waals surface area (Å²) in [6.45, 7) is 7.48. The Morgan fingerprint density at radius 2 is 1.86 bits per heavy atom. The van der Waals surface area contributed by atoms with Crippen LogP contribution >= 0.6 is 0 Å². The van der Waals surface area contributed by atoms with Gasteiger partial charge in [0, 0.05) is 17.6 Å². The summed E-state index contributed by atoms with van der Waals surface area (Å²) in [5.74, 6) is -2.72. The number of aromatic amines is 1. The van der Waals surface area contributed by atoms with Crippen molar-refractivity contribution < 1.29 is 13.6 Å². The van der Waals surface area contributed by atoms with Gasteiger partial charge in [0.1, 0.15) is 5.69 Å². The summed E-state index contributed by atoms with van der Waals surface area (Å²) < 4.78 is 26.4. The number of alkyl halides is 2. The van der Waals surface area contributed by atoms with Gasteiger partial charge in [-0.3, -0.25) is 4.79 Å². The summed E-state index contributed by atoms with van der Waals surface area (Å²) in [7, 11) is 0. The molecule has 1 amide bonds. The quantitative estimate of drug-likeness (QED) is 0.680. The summed E-state index contributed by atoms with van der Waals surface area (Å²) in [5.41, 5.74) is 6.50. The highest BCUT2D eigenvalue weighted by Crippen LogP contribution is 2.31. The number of anilines is 1. The van der Waals surface area contributed by atoms with Gasteiger partial charge in [-0.15, -0.1) is 0 Å². The third kappa shape index (κ3) is 3.45. The molecule has 1 fully saturated rings. The van der Waals surface area contributed by atoms with Crippen LogP contribution in [-0.4, -0.2) is 39.8 Å². The van der Waals surface area contributed by atoms with Crippen LogP contribution in [-0.2, 0) is 6.54 Å². The number of carbonyl (C=O) groups is 1. The third-order valence-electron chi connectivity index (χ3n) is 5.73. The molecule has 4 rings (SSSR count). The number of likely N-dealkylation sites (tertiary alicyclic amines) is 1. The summed E-state index contributed by atoms with van der Waals surface area (Å²) >= 11 is 0. The Morgan fingerprint density at radius 3 is 2.48 bits per heavy atom. The molecule has 5 nitrogen and oxygen atoms in total. The van der Waals surface area contributed by atoms with Crippen molar-refractivity contribution in [2.45, 2.75) is 40.2 Å². The lowest BCUT2D eigenvalue weighted by Gasteiger charge is -2.38. The van der Waals surface area contributed by atoms with Gasteiger partial charge in [-0.25, -0.2) is 13.8 Å². The van der Waals surface area contributed by atoms with Crippen LogP contribution in [0.5, 0.6) is 0 Å². The molecule has 1 saturated heterocycles. The number of H-pyrrole nitrogens is 1. The summed E-state index contributed by atoms with van der Waals surface area (Å²) in [6.07, 6.45) is 0. The average molecular weight is 398 g/mol. The molecule has 7 heteroatoms. The first-order chi connectivity index (χ1) is 13.7. The first-order valence-electron chi connectivity index (χ1n) is 9.62. The van der Waals surface area contributed by atoms with Crippen LogP contribution < -0.4 is 5.32 Å². The number of nitrogens with one attached hydrogen (secondary N) is 2. The lowest BCUT2D eigenvalue weighted by Crippen LogP contribution is -2.58. The summed E-state index contributed by atoms with van der Waals surface area (Å²) in [4.78, 5) is 21.7. The summed E-state index contributed by atoms with van der Waals surface area (Å²) in [6, 6.07) is 7.82. The Morgan fingerprint density at radius 1 is 1.21 bits per heavy atom. The van der Waals surface area contributed by atoms with Gasteiger partial charge in [0.05, 0.1) is 18.6 Å². The Kier molecular flexibility index (Phi) is 4.56. The maximum Gasteiger partial charge on any atom is 0.282 e. The van der Waals surface area contributed by atoms with Crippen molar-refractivity contribution in [3.05, 3.63) is 57.9 Å². The number of hydrogen-bond donors (Lipinski definition) is 2. The predicted octanol–water partition coefficient (Wildman–Crippen LogP) is 4.50. The minimum absolute atomic E-state index is 0.180. The molecule has 0 bridgehead atoms. The molecule has 2 aromatic heterocycles. The van der Waals surface area contributed by atoms with Gasteiger partial charge in [-0.1, -0.05) is 18.2 Å². The van der Waals surface area contributed by atoms with E-state index in [9.17, 15) is 13.6 Å². The van der Waals surface area contributed by atoms with E-state index in [0.717, 1.165) is 27.1 Å². The van der Waals surface area contributed by atoms with Crippen molar-refractivity contribution in [1.29, 1.82) is 0 Å². The molecule has 29 heavy (non-hydrogen) atoms. The van der Waals surface area contributed by atoms with Gasteiger partial charge < -0.3 is 15.2 Å². The molecule has 0 aliphatic carbocycles. The van der Waals surface area contributed by atoms with Crippen LogP contribution in [0, 0.1) is 27.7 Å². The van der Waals surface area contributed by atoms with Crippen LogP contribution in [0.25, 0.3) is 10.9 Å². The highest BCUT2D eigenvalue weighted by atomic mass is 19.3. The normalized spacial score (nSPS) is 15.4. The van der Waals surface area contributed by atoms with Gasteiger partial charge in [0.25, 0.3) is 11.8 Å². The van der Waals surface area contributed by atoms with Crippen molar-refractivity contribution in [2.75, 3.05) is 18.4 Å². The zero-order valence-electron chi connectivity index (χ0n) is 17.0. The predicted molar refractivity (Wildman–Crippen MR) is 110 cm³/mol. The number of carbonyl (C=O) groups excluding carboxylic acids is 1. The fraction of sp³-hybridized carbons (Fsp3) is 0.364. The molecular formula is C22H24F2N4O. The SMILES string of the molecule is Cc1cccc(C)c1CNc1nc(C(=O)N2CC(F)(F)C2)cc2c(C)c(C)[nH]c12. The largest absolute Gasteiger partial charge is 0.364 e. The van der Waals surface area contributed by atoms with E-state index in [2.05, 4.69) is 41.3 Å². The van der Waals surface area contributed by atoms with Crippen molar-refractivity contribution in [2.24, 2.45) is 0 Å². The van der Waals surface area contributed by atoms with E-state index in [1.54, 1.807) is 6.07 Å². The van der Waals surface area contributed by atoms with E-state index in [4.69, 9.17) is 0 Å². The van der Waals surface area contributed by atoms with Crippen molar-refractivity contribution in [1.82, 2.24) is 14.9 Å². The second-order valence-corrected chi connectivity index (χ2v) is 7.89. The highest BCUT2D eigenvalue weighted by molar-refractivity contribution is 6.01. The number of hydrogen-bond acceptors (Lipinski definition) is 3. The second kappa shape index (κ2) is 6.83. The van der Waals surface area contributed by atoms with E-state index in [1.165, 1.54) is 16.7 Å². The van der Waals surface area contributed by atoms with Crippen LogP contribution in [0.1, 0.15) is 38.4 Å². The molecule has 2 N–H and O–H groups in total. The smallest absolute Gasteiger partial charge is 0.282 e. The standard InChI is InChI=1S/C22H24F2N4O/c1-12-6-5-7-13(2)17(12)9-25-20-19-16(14(3)15(4)26-19)8-18(27-20)21(29)28-10-22(23,24)11-28/h5-8,26H,9-11H2,1-4H3,(H,25,27).